The van der Waals surface area contributed by atoms with Crippen LogP contribution in [-0.4, -0.2) is 30.8 Å². The van der Waals surface area contributed by atoms with E-state index in [0.717, 1.165) is 12.8 Å². The summed E-state index contributed by atoms with van der Waals surface area (Å²) in [4.78, 5) is 4.06. The average Bonchev–Trinajstić information content (AvgIpc) is 2.29. The molecule has 6 heteroatoms. The van der Waals surface area contributed by atoms with Gasteiger partial charge in [0.15, 0.2) is 0 Å². The van der Waals surface area contributed by atoms with Crippen molar-refractivity contribution in [3.8, 4) is 0 Å². The molecule has 2 heterocycles. The number of nitrogens with zero attached hydrogens (tertiary/aromatic N) is 2. The van der Waals surface area contributed by atoms with Crippen molar-refractivity contribution in [2.75, 3.05) is 18.8 Å². The minimum atomic E-state index is -3.41. The molecule has 0 bridgehead atoms. The summed E-state index contributed by atoms with van der Waals surface area (Å²) in [6.07, 6.45) is 3.09. The van der Waals surface area contributed by atoms with Gasteiger partial charge in [-0.3, -0.25) is 0 Å². The quantitative estimate of drug-likeness (QED) is 0.882. The predicted molar refractivity (Wildman–Crippen MR) is 70.4 cm³/mol. The molecule has 1 aliphatic heterocycles. The molecule has 1 saturated heterocycles. The number of aromatic nitrogens is 1. The molecule has 0 radical (unpaired) electrons. The minimum absolute atomic E-state index is 0.219. The molecule has 1 aromatic rings. The summed E-state index contributed by atoms with van der Waals surface area (Å²) in [5, 5.41) is 0. The van der Waals surface area contributed by atoms with Crippen LogP contribution in [0.15, 0.2) is 23.2 Å². The van der Waals surface area contributed by atoms with E-state index in [9.17, 15) is 8.42 Å². The van der Waals surface area contributed by atoms with Crippen LogP contribution in [0, 0.1) is 5.41 Å². The van der Waals surface area contributed by atoms with Gasteiger partial charge in [0, 0.05) is 19.3 Å². The van der Waals surface area contributed by atoms with Gasteiger partial charge in [0.1, 0.15) is 10.7 Å². The summed E-state index contributed by atoms with van der Waals surface area (Å²) in [5.41, 5.74) is 5.69. The SMILES string of the molecule is CC1(C)CCN(S(=O)(=O)c2ccc(N)nc2)CC1. The lowest BCUT2D eigenvalue weighted by atomic mass is 9.83. The van der Waals surface area contributed by atoms with Crippen molar-refractivity contribution in [3.63, 3.8) is 0 Å². The van der Waals surface area contributed by atoms with Crippen LogP contribution >= 0.6 is 0 Å². The van der Waals surface area contributed by atoms with Gasteiger partial charge in [0.2, 0.25) is 10.0 Å². The first kappa shape index (κ1) is 13.3. The Kier molecular flexibility index (Phi) is 3.33. The Morgan fingerprint density at radius 1 is 1.28 bits per heavy atom. The van der Waals surface area contributed by atoms with Crippen LogP contribution in [0.1, 0.15) is 26.7 Å². The Balaban J connectivity index is 2.20. The maximum atomic E-state index is 12.4. The highest BCUT2D eigenvalue weighted by Crippen LogP contribution is 2.32. The van der Waals surface area contributed by atoms with Crippen molar-refractivity contribution >= 4 is 15.8 Å². The Morgan fingerprint density at radius 2 is 1.89 bits per heavy atom. The predicted octanol–water partition coefficient (Wildman–Crippen LogP) is 1.47. The van der Waals surface area contributed by atoms with Gasteiger partial charge < -0.3 is 5.73 Å². The molecule has 0 unspecified atom stereocenters. The summed E-state index contributed by atoms with van der Waals surface area (Å²) >= 11 is 0. The van der Waals surface area contributed by atoms with E-state index in [1.165, 1.54) is 22.6 Å². The van der Waals surface area contributed by atoms with E-state index in [1.54, 1.807) is 0 Å². The van der Waals surface area contributed by atoms with Gasteiger partial charge in [-0.2, -0.15) is 4.31 Å². The van der Waals surface area contributed by atoms with Crippen LogP contribution < -0.4 is 5.73 Å². The van der Waals surface area contributed by atoms with Crippen LogP contribution in [-0.2, 0) is 10.0 Å². The van der Waals surface area contributed by atoms with Crippen molar-refractivity contribution in [1.29, 1.82) is 0 Å². The van der Waals surface area contributed by atoms with Crippen molar-refractivity contribution in [2.24, 2.45) is 5.41 Å². The standard InChI is InChI=1S/C12H19N3O2S/c1-12(2)5-7-15(8-6-12)18(16,17)10-3-4-11(13)14-9-10/h3-4,9H,5-8H2,1-2H3,(H2,13,14). The molecule has 0 amide bonds. The van der Waals surface area contributed by atoms with Gasteiger partial charge in [-0.1, -0.05) is 13.8 Å². The molecular formula is C12H19N3O2S. The molecule has 0 saturated carbocycles. The zero-order valence-corrected chi connectivity index (χ0v) is 11.6. The van der Waals surface area contributed by atoms with E-state index >= 15 is 0 Å². The zero-order valence-electron chi connectivity index (χ0n) is 10.8. The van der Waals surface area contributed by atoms with E-state index in [1.807, 2.05) is 0 Å². The summed E-state index contributed by atoms with van der Waals surface area (Å²) in [6, 6.07) is 3.03. The summed E-state index contributed by atoms with van der Waals surface area (Å²) in [7, 11) is -3.41. The second-order valence-corrected chi connectivity index (χ2v) is 7.43. The first-order chi connectivity index (χ1) is 8.31. The largest absolute Gasteiger partial charge is 0.384 e. The van der Waals surface area contributed by atoms with Crippen LogP contribution in [0.25, 0.3) is 0 Å². The lowest BCUT2D eigenvalue weighted by Crippen LogP contribution is -2.41. The fourth-order valence-electron chi connectivity index (χ4n) is 2.03. The number of nitrogen functional groups attached to an aromatic ring is 1. The number of sulfonamides is 1. The highest BCUT2D eigenvalue weighted by Gasteiger charge is 2.32. The first-order valence-corrected chi connectivity index (χ1v) is 7.47. The lowest BCUT2D eigenvalue weighted by Gasteiger charge is -2.36. The molecule has 1 fully saturated rings. The van der Waals surface area contributed by atoms with E-state index in [2.05, 4.69) is 18.8 Å². The molecular weight excluding hydrogens is 250 g/mol. The third-order valence-electron chi connectivity index (χ3n) is 3.47. The van der Waals surface area contributed by atoms with Crippen LogP contribution in [0.2, 0.25) is 0 Å². The van der Waals surface area contributed by atoms with Crippen molar-refractivity contribution in [1.82, 2.24) is 9.29 Å². The molecule has 2 rings (SSSR count). The van der Waals surface area contributed by atoms with E-state index < -0.39 is 10.0 Å². The zero-order chi connectivity index (χ0) is 13.4. The van der Waals surface area contributed by atoms with Crippen LogP contribution in [0.4, 0.5) is 5.82 Å². The number of pyridine rings is 1. The molecule has 2 N–H and O–H groups in total. The number of hydrogen-bond acceptors (Lipinski definition) is 4. The Bertz CT molecular complexity index is 513. The minimum Gasteiger partial charge on any atom is -0.384 e. The maximum Gasteiger partial charge on any atom is 0.244 e. The molecule has 18 heavy (non-hydrogen) atoms. The number of anilines is 1. The highest BCUT2D eigenvalue weighted by molar-refractivity contribution is 7.89. The fourth-order valence-corrected chi connectivity index (χ4v) is 3.41. The van der Waals surface area contributed by atoms with E-state index in [-0.39, 0.29) is 10.3 Å². The molecule has 0 aromatic carbocycles. The van der Waals surface area contributed by atoms with Gasteiger partial charge in [-0.15, -0.1) is 0 Å². The van der Waals surface area contributed by atoms with Crippen molar-refractivity contribution in [3.05, 3.63) is 18.3 Å². The van der Waals surface area contributed by atoms with Gasteiger partial charge >= 0.3 is 0 Å². The van der Waals surface area contributed by atoms with Gasteiger partial charge in [0.25, 0.3) is 0 Å². The maximum absolute atomic E-state index is 12.4. The summed E-state index contributed by atoms with van der Waals surface area (Å²) < 4.78 is 26.2. The average molecular weight is 269 g/mol. The number of rotatable bonds is 2. The molecule has 1 aliphatic rings. The van der Waals surface area contributed by atoms with Gasteiger partial charge in [0.05, 0.1) is 0 Å². The van der Waals surface area contributed by atoms with E-state index in [4.69, 9.17) is 5.73 Å². The molecule has 5 nitrogen and oxygen atoms in total. The first-order valence-electron chi connectivity index (χ1n) is 6.03. The topological polar surface area (TPSA) is 76.3 Å². The third-order valence-corrected chi connectivity index (χ3v) is 5.36. The Morgan fingerprint density at radius 3 is 2.39 bits per heavy atom. The number of piperidine rings is 1. The summed E-state index contributed by atoms with van der Waals surface area (Å²) in [5.74, 6) is 0.328. The van der Waals surface area contributed by atoms with Crippen molar-refractivity contribution in [2.45, 2.75) is 31.6 Å². The Hall–Kier alpha value is -1.14. The second kappa shape index (κ2) is 4.51. The summed E-state index contributed by atoms with van der Waals surface area (Å²) in [6.45, 7) is 5.48. The van der Waals surface area contributed by atoms with Gasteiger partial charge in [-0.05, 0) is 30.4 Å². The van der Waals surface area contributed by atoms with Crippen LogP contribution in [0.3, 0.4) is 0 Å². The lowest BCUT2D eigenvalue weighted by molar-refractivity contribution is 0.196. The smallest absolute Gasteiger partial charge is 0.244 e. The fraction of sp³-hybridized carbons (Fsp3) is 0.583. The van der Waals surface area contributed by atoms with E-state index in [0.29, 0.717) is 18.9 Å². The second-order valence-electron chi connectivity index (χ2n) is 5.49. The monoisotopic (exact) mass is 269 g/mol. The molecule has 0 spiro atoms. The highest BCUT2D eigenvalue weighted by atomic mass is 32.2. The normalized spacial score (nSPS) is 20.8. The molecule has 0 atom stereocenters. The van der Waals surface area contributed by atoms with Crippen molar-refractivity contribution < 1.29 is 8.42 Å². The third kappa shape index (κ3) is 2.64. The molecule has 1 aromatic heterocycles. The molecule has 0 aliphatic carbocycles. The number of hydrogen-bond donors (Lipinski definition) is 1. The number of nitrogens with two attached hydrogens (primary N) is 1. The molecule has 100 valence electrons. The Labute approximate surface area is 108 Å². The van der Waals surface area contributed by atoms with Gasteiger partial charge in [-0.25, -0.2) is 13.4 Å². The van der Waals surface area contributed by atoms with Crippen LogP contribution in [0.5, 0.6) is 0 Å².